The predicted octanol–water partition coefficient (Wildman–Crippen LogP) is 3.07. The van der Waals surface area contributed by atoms with Gasteiger partial charge in [-0.1, -0.05) is 19.4 Å². The lowest BCUT2D eigenvalue weighted by Crippen LogP contribution is -2.13. The fourth-order valence-corrected chi connectivity index (χ4v) is 2.95. The average Bonchev–Trinajstić information content (AvgIpc) is 3.09. The first kappa shape index (κ1) is 12.0. The fourth-order valence-electron chi connectivity index (χ4n) is 2.95. The second-order valence-electron chi connectivity index (χ2n) is 5.59. The second-order valence-corrected chi connectivity index (χ2v) is 5.59. The molecule has 0 unspecified atom stereocenters. The van der Waals surface area contributed by atoms with Crippen molar-refractivity contribution in [3.05, 3.63) is 23.8 Å². The molecule has 0 saturated heterocycles. The van der Waals surface area contributed by atoms with Gasteiger partial charge in [0.05, 0.1) is 11.1 Å². The van der Waals surface area contributed by atoms with E-state index in [0.717, 1.165) is 17.6 Å². The molecular formula is C15H18N4. The molecule has 1 saturated carbocycles. The zero-order chi connectivity index (χ0) is 13.5. The first-order valence-electron chi connectivity index (χ1n) is 6.84. The van der Waals surface area contributed by atoms with Gasteiger partial charge in [-0.15, -0.1) is 0 Å². The molecule has 19 heavy (non-hydrogen) atoms. The van der Waals surface area contributed by atoms with Crippen molar-refractivity contribution in [1.29, 1.82) is 5.26 Å². The quantitative estimate of drug-likeness (QED) is 0.911. The van der Waals surface area contributed by atoms with Crippen LogP contribution >= 0.6 is 0 Å². The molecule has 4 heteroatoms. The van der Waals surface area contributed by atoms with Crippen LogP contribution in [-0.2, 0) is 6.54 Å². The first-order valence-corrected chi connectivity index (χ1v) is 6.84. The van der Waals surface area contributed by atoms with Crippen LogP contribution in [0.2, 0.25) is 0 Å². The molecule has 1 aliphatic rings. The van der Waals surface area contributed by atoms with Crippen molar-refractivity contribution in [2.24, 2.45) is 5.41 Å². The SMILES string of the molecule is CCCC1(Cn2c(N)nc3c(C#N)cccc32)CC1. The Morgan fingerprint density at radius 2 is 2.26 bits per heavy atom. The normalized spacial score (nSPS) is 16.4. The van der Waals surface area contributed by atoms with Gasteiger partial charge in [-0.2, -0.15) is 5.26 Å². The number of fused-ring (bicyclic) bond motifs is 1. The largest absolute Gasteiger partial charge is 0.369 e. The summed E-state index contributed by atoms with van der Waals surface area (Å²) in [6.07, 6.45) is 5.00. The predicted molar refractivity (Wildman–Crippen MR) is 75.4 cm³/mol. The van der Waals surface area contributed by atoms with Gasteiger partial charge in [-0.3, -0.25) is 0 Å². The molecule has 1 aliphatic carbocycles. The number of hydrogen-bond donors (Lipinski definition) is 1. The number of benzene rings is 1. The Labute approximate surface area is 112 Å². The van der Waals surface area contributed by atoms with Gasteiger partial charge in [0.15, 0.2) is 0 Å². The van der Waals surface area contributed by atoms with Crippen LogP contribution < -0.4 is 5.73 Å². The van der Waals surface area contributed by atoms with E-state index in [1.807, 2.05) is 12.1 Å². The summed E-state index contributed by atoms with van der Waals surface area (Å²) in [6.45, 7) is 3.15. The van der Waals surface area contributed by atoms with Crippen molar-refractivity contribution in [3.8, 4) is 6.07 Å². The Balaban J connectivity index is 2.05. The minimum Gasteiger partial charge on any atom is -0.369 e. The number of nitriles is 1. The number of anilines is 1. The Bertz CT molecular complexity index is 659. The lowest BCUT2D eigenvalue weighted by molar-refractivity contribution is 0.396. The van der Waals surface area contributed by atoms with Gasteiger partial charge in [-0.25, -0.2) is 4.98 Å². The van der Waals surface area contributed by atoms with Gasteiger partial charge in [0.2, 0.25) is 5.95 Å². The van der Waals surface area contributed by atoms with Crippen LogP contribution in [0.4, 0.5) is 5.95 Å². The summed E-state index contributed by atoms with van der Waals surface area (Å²) < 4.78 is 2.08. The number of imidazole rings is 1. The highest BCUT2D eigenvalue weighted by Gasteiger charge is 2.42. The van der Waals surface area contributed by atoms with E-state index in [2.05, 4.69) is 22.5 Å². The van der Waals surface area contributed by atoms with Crippen molar-refractivity contribution >= 4 is 17.0 Å². The molecule has 2 aromatic rings. The zero-order valence-electron chi connectivity index (χ0n) is 11.2. The van der Waals surface area contributed by atoms with Gasteiger partial charge in [-0.05, 0) is 36.8 Å². The number of nitrogens with two attached hydrogens (primary N) is 1. The van der Waals surface area contributed by atoms with Gasteiger partial charge in [0.1, 0.15) is 11.6 Å². The van der Waals surface area contributed by atoms with Crippen LogP contribution in [0.5, 0.6) is 0 Å². The summed E-state index contributed by atoms with van der Waals surface area (Å²) in [6, 6.07) is 7.87. The van der Waals surface area contributed by atoms with E-state index >= 15 is 0 Å². The highest BCUT2D eigenvalue weighted by atomic mass is 15.2. The standard InChI is InChI=1S/C15H18N4/c1-2-6-15(7-8-15)10-19-12-5-3-4-11(9-16)13(12)18-14(19)17/h3-5H,2,6-8,10H2,1H3,(H2,17,18). The average molecular weight is 254 g/mol. The summed E-state index contributed by atoms with van der Waals surface area (Å²) in [5.74, 6) is 0.528. The molecule has 0 atom stereocenters. The minimum atomic E-state index is 0.416. The van der Waals surface area contributed by atoms with E-state index in [0.29, 0.717) is 16.9 Å². The third kappa shape index (κ3) is 1.95. The van der Waals surface area contributed by atoms with Crippen LogP contribution in [0.1, 0.15) is 38.2 Å². The number of nitrogens with zero attached hydrogens (tertiary/aromatic N) is 3. The van der Waals surface area contributed by atoms with Crippen LogP contribution in [0.15, 0.2) is 18.2 Å². The van der Waals surface area contributed by atoms with E-state index in [4.69, 9.17) is 11.0 Å². The number of hydrogen-bond acceptors (Lipinski definition) is 3. The smallest absolute Gasteiger partial charge is 0.201 e. The molecule has 98 valence electrons. The van der Waals surface area contributed by atoms with Gasteiger partial charge in [0, 0.05) is 6.54 Å². The van der Waals surface area contributed by atoms with E-state index in [1.54, 1.807) is 6.07 Å². The van der Waals surface area contributed by atoms with Gasteiger partial charge < -0.3 is 10.3 Å². The summed E-state index contributed by atoms with van der Waals surface area (Å²) in [7, 11) is 0. The van der Waals surface area contributed by atoms with Crippen molar-refractivity contribution < 1.29 is 0 Å². The highest BCUT2D eigenvalue weighted by molar-refractivity contribution is 5.84. The fraction of sp³-hybridized carbons (Fsp3) is 0.467. The molecule has 0 aliphatic heterocycles. The molecule has 1 fully saturated rings. The molecule has 0 bridgehead atoms. The molecule has 0 radical (unpaired) electrons. The van der Waals surface area contributed by atoms with Crippen LogP contribution in [-0.4, -0.2) is 9.55 Å². The molecule has 4 nitrogen and oxygen atoms in total. The topological polar surface area (TPSA) is 67.6 Å². The molecule has 1 aromatic carbocycles. The van der Waals surface area contributed by atoms with Crippen molar-refractivity contribution in [1.82, 2.24) is 9.55 Å². The first-order chi connectivity index (χ1) is 9.19. The summed E-state index contributed by atoms with van der Waals surface area (Å²) in [5.41, 5.74) is 8.78. The maximum absolute atomic E-state index is 9.12. The Kier molecular flexibility index (Phi) is 2.70. The maximum Gasteiger partial charge on any atom is 0.201 e. The molecule has 3 rings (SSSR count). The van der Waals surface area contributed by atoms with E-state index in [-0.39, 0.29) is 0 Å². The third-order valence-corrected chi connectivity index (χ3v) is 4.16. The van der Waals surface area contributed by atoms with Crippen LogP contribution in [0.3, 0.4) is 0 Å². The van der Waals surface area contributed by atoms with Crippen molar-refractivity contribution in [3.63, 3.8) is 0 Å². The Morgan fingerprint density at radius 1 is 1.47 bits per heavy atom. The molecular weight excluding hydrogens is 236 g/mol. The summed E-state index contributed by atoms with van der Waals surface area (Å²) in [4.78, 5) is 4.37. The van der Waals surface area contributed by atoms with Gasteiger partial charge in [0.25, 0.3) is 0 Å². The van der Waals surface area contributed by atoms with Crippen molar-refractivity contribution in [2.75, 3.05) is 5.73 Å². The third-order valence-electron chi connectivity index (χ3n) is 4.16. The summed E-state index contributed by atoms with van der Waals surface area (Å²) >= 11 is 0. The molecule has 2 N–H and O–H groups in total. The highest BCUT2D eigenvalue weighted by Crippen LogP contribution is 2.51. The minimum absolute atomic E-state index is 0.416. The number of para-hydroxylation sites is 1. The molecule has 0 spiro atoms. The Morgan fingerprint density at radius 3 is 2.89 bits per heavy atom. The second kappa shape index (κ2) is 4.27. The molecule has 1 aromatic heterocycles. The lowest BCUT2D eigenvalue weighted by atomic mass is 10.0. The maximum atomic E-state index is 9.12. The van der Waals surface area contributed by atoms with E-state index < -0.39 is 0 Å². The van der Waals surface area contributed by atoms with E-state index in [1.165, 1.54) is 25.7 Å². The number of nitrogen functional groups attached to an aromatic ring is 1. The lowest BCUT2D eigenvalue weighted by Gasteiger charge is -2.16. The number of rotatable bonds is 4. The zero-order valence-corrected chi connectivity index (χ0v) is 11.2. The molecule has 1 heterocycles. The molecule has 0 amide bonds. The monoisotopic (exact) mass is 254 g/mol. The van der Waals surface area contributed by atoms with Gasteiger partial charge >= 0.3 is 0 Å². The van der Waals surface area contributed by atoms with E-state index in [9.17, 15) is 0 Å². The van der Waals surface area contributed by atoms with Crippen molar-refractivity contribution in [2.45, 2.75) is 39.2 Å². The van der Waals surface area contributed by atoms with Crippen LogP contribution in [0.25, 0.3) is 11.0 Å². The Hall–Kier alpha value is -2.02. The van der Waals surface area contributed by atoms with Crippen LogP contribution in [0, 0.1) is 16.7 Å². The summed E-state index contributed by atoms with van der Waals surface area (Å²) in [5, 5.41) is 9.12. The number of aromatic nitrogens is 2.